The van der Waals surface area contributed by atoms with E-state index in [0.29, 0.717) is 5.69 Å². The molecule has 0 aliphatic heterocycles. The lowest BCUT2D eigenvalue weighted by atomic mass is 10.1. The molecule has 0 radical (unpaired) electrons. The van der Waals surface area contributed by atoms with Gasteiger partial charge in [0.1, 0.15) is 5.82 Å². The second kappa shape index (κ2) is 6.21. The maximum Gasteiger partial charge on any atom is 0.140 e. The molecule has 0 unspecified atom stereocenters. The Hall–Kier alpha value is -1.61. The van der Waals surface area contributed by atoms with Crippen LogP contribution in [0.5, 0.6) is 0 Å². The first-order valence-corrected chi connectivity index (χ1v) is 5.91. The second-order valence-corrected chi connectivity index (χ2v) is 3.69. The van der Waals surface area contributed by atoms with Crippen molar-refractivity contribution in [3.05, 3.63) is 41.7 Å². The third-order valence-electron chi connectivity index (χ3n) is 2.40. The van der Waals surface area contributed by atoms with Crippen molar-refractivity contribution < 1.29 is 5.11 Å². The van der Waals surface area contributed by atoms with Gasteiger partial charge in [-0.2, -0.15) is 0 Å². The van der Waals surface area contributed by atoms with Crippen LogP contribution in [0, 0.1) is 6.92 Å². The third kappa shape index (κ3) is 3.17. The molecule has 0 saturated carbocycles. The fourth-order valence-corrected chi connectivity index (χ4v) is 1.58. The van der Waals surface area contributed by atoms with E-state index in [1.54, 1.807) is 0 Å². The van der Waals surface area contributed by atoms with Crippen molar-refractivity contribution in [2.75, 3.05) is 0 Å². The molecule has 0 bridgehead atoms. The predicted molar refractivity (Wildman–Crippen MR) is 70.7 cm³/mol. The number of hydrogen-bond acceptors (Lipinski definition) is 2. The van der Waals surface area contributed by atoms with E-state index in [0.717, 1.165) is 11.4 Å². The zero-order valence-corrected chi connectivity index (χ0v) is 10.9. The van der Waals surface area contributed by atoms with Gasteiger partial charge in [-0.05, 0) is 6.92 Å². The van der Waals surface area contributed by atoms with Crippen molar-refractivity contribution in [2.45, 2.75) is 27.4 Å². The van der Waals surface area contributed by atoms with Gasteiger partial charge in [0.25, 0.3) is 0 Å². The molecule has 0 saturated heterocycles. The minimum atomic E-state index is -0.0142. The molecule has 3 nitrogen and oxygen atoms in total. The van der Waals surface area contributed by atoms with Crippen LogP contribution in [-0.4, -0.2) is 14.7 Å². The van der Waals surface area contributed by atoms with Crippen LogP contribution in [0.15, 0.2) is 30.5 Å². The average Bonchev–Trinajstić information content (AvgIpc) is 2.74. The molecule has 1 aromatic carbocycles. The van der Waals surface area contributed by atoms with Gasteiger partial charge in [0.15, 0.2) is 0 Å². The van der Waals surface area contributed by atoms with Crippen molar-refractivity contribution in [1.29, 1.82) is 0 Å². The summed E-state index contributed by atoms with van der Waals surface area (Å²) in [4.78, 5) is 4.34. The molecule has 0 amide bonds. The molecule has 1 N–H and O–H groups in total. The van der Waals surface area contributed by atoms with E-state index in [-0.39, 0.29) is 6.61 Å². The molecule has 0 atom stereocenters. The Morgan fingerprint density at radius 2 is 1.76 bits per heavy atom. The molecule has 92 valence electrons. The highest BCUT2D eigenvalue weighted by atomic mass is 16.3. The number of nitrogens with zero attached hydrogens (tertiary/aromatic N) is 2. The van der Waals surface area contributed by atoms with E-state index in [1.165, 1.54) is 5.56 Å². The lowest BCUT2D eigenvalue weighted by molar-refractivity contribution is 0.277. The number of hydrogen-bond donors (Lipinski definition) is 1. The first-order valence-electron chi connectivity index (χ1n) is 5.91. The SMILES string of the molecule is CC.Cc1ccc(-c2nc(CO)cn2C)cc1. The highest BCUT2D eigenvalue weighted by Gasteiger charge is 2.06. The topological polar surface area (TPSA) is 38.1 Å². The van der Waals surface area contributed by atoms with Crippen molar-refractivity contribution in [1.82, 2.24) is 9.55 Å². The van der Waals surface area contributed by atoms with Gasteiger partial charge in [-0.25, -0.2) is 4.98 Å². The summed E-state index contributed by atoms with van der Waals surface area (Å²) in [5.74, 6) is 0.888. The number of aryl methyl sites for hydroxylation is 2. The Balaban J connectivity index is 0.000000686. The van der Waals surface area contributed by atoms with Crippen molar-refractivity contribution in [3.8, 4) is 11.4 Å². The molecule has 1 aromatic heterocycles. The van der Waals surface area contributed by atoms with Crippen LogP contribution in [0.3, 0.4) is 0 Å². The summed E-state index contributed by atoms with van der Waals surface area (Å²) in [6, 6.07) is 8.20. The minimum absolute atomic E-state index is 0.0142. The second-order valence-electron chi connectivity index (χ2n) is 3.69. The first-order chi connectivity index (χ1) is 8.20. The monoisotopic (exact) mass is 232 g/mol. The quantitative estimate of drug-likeness (QED) is 0.864. The normalized spacial score (nSPS) is 9.71. The van der Waals surface area contributed by atoms with Gasteiger partial charge in [-0.1, -0.05) is 43.7 Å². The fraction of sp³-hybridized carbons (Fsp3) is 0.357. The van der Waals surface area contributed by atoms with Crippen LogP contribution >= 0.6 is 0 Å². The summed E-state index contributed by atoms with van der Waals surface area (Å²) in [5.41, 5.74) is 3.01. The molecular weight excluding hydrogens is 212 g/mol. The molecule has 2 aromatic rings. The van der Waals surface area contributed by atoms with E-state index >= 15 is 0 Å². The van der Waals surface area contributed by atoms with Gasteiger partial charge in [-0.15, -0.1) is 0 Å². The number of aromatic nitrogens is 2. The van der Waals surface area contributed by atoms with Gasteiger partial charge in [-0.3, -0.25) is 0 Å². The van der Waals surface area contributed by atoms with Gasteiger partial charge < -0.3 is 9.67 Å². The Kier molecular flexibility index (Phi) is 4.91. The maximum absolute atomic E-state index is 8.99. The van der Waals surface area contributed by atoms with Crippen LogP contribution in [0.1, 0.15) is 25.1 Å². The van der Waals surface area contributed by atoms with E-state index in [4.69, 9.17) is 5.11 Å². The highest BCUT2D eigenvalue weighted by molar-refractivity contribution is 5.56. The van der Waals surface area contributed by atoms with Crippen LogP contribution < -0.4 is 0 Å². The number of benzene rings is 1. The molecular formula is C14H20N2O. The molecule has 3 heteroatoms. The van der Waals surface area contributed by atoms with Crippen LogP contribution in [-0.2, 0) is 13.7 Å². The highest BCUT2D eigenvalue weighted by Crippen LogP contribution is 2.18. The summed E-state index contributed by atoms with van der Waals surface area (Å²) in [6.45, 7) is 6.04. The standard InChI is InChI=1S/C12H14N2O.C2H6/c1-9-3-5-10(6-4-9)12-13-11(8-15)7-14(12)2;1-2/h3-7,15H,8H2,1-2H3;1-2H3. The molecule has 0 spiro atoms. The lowest BCUT2D eigenvalue weighted by Gasteiger charge is -2.01. The summed E-state index contributed by atoms with van der Waals surface area (Å²) in [5, 5.41) is 8.99. The van der Waals surface area contributed by atoms with E-state index in [9.17, 15) is 0 Å². The van der Waals surface area contributed by atoms with Crippen molar-refractivity contribution in [2.24, 2.45) is 7.05 Å². The maximum atomic E-state index is 8.99. The number of aliphatic hydroxyl groups is 1. The van der Waals surface area contributed by atoms with Gasteiger partial charge in [0.2, 0.25) is 0 Å². The molecule has 17 heavy (non-hydrogen) atoms. The molecule has 0 aliphatic carbocycles. The number of rotatable bonds is 2. The molecule has 0 fully saturated rings. The van der Waals surface area contributed by atoms with Crippen molar-refractivity contribution >= 4 is 0 Å². The van der Waals surface area contributed by atoms with E-state index < -0.39 is 0 Å². The number of imidazole rings is 1. The van der Waals surface area contributed by atoms with Crippen LogP contribution in [0.4, 0.5) is 0 Å². The largest absolute Gasteiger partial charge is 0.390 e. The predicted octanol–water partition coefficient (Wildman–Crippen LogP) is 2.91. The Bertz CT molecular complexity index is 458. The minimum Gasteiger partial charge on any atom is -0.390 e. The summed E-state index contributed by atoms with van der Waals surface area (Å²) in [6.07, 6.45) is 1.84. The average molecular weight is 232 g/mol. The van der Waals surface area contributed by atoms with Gasteiger partial charge in [0, 0.05) is 18.8 Å². The number of aliphatic hydroxyl groups excluding tert-OH is 1. The van der Waals surface area contributed by atoms with E-state index in [1.807, 2.05) is 43.8 Å². The Morgan fingerprint density at radius 1 is 1.18 bits per heavy atom. The summed E-state index contributed by atoms with van der Waals surface area (Å²) >= 11 is 0. The first kappa shape index (κ1) is 13.5. The van der Waals surface area contributed by atoms with Gasteiger partial charge >= 0.3 is 0 Å². The third-order valence-corrected chi connectivity index (χ3v) is 2.40. The molecule has 2 rings (SSSR count). The summed E-state index contributed by atoms with van der Waals surface area (Å²) in [7, 11) is 1.93. The zero-order valence-electron chi connectivity index (χ0n) is 10.9. The van der Waals surface area contributed by atoms with Crippen LogP contribution in [0.25, 0.3) is 11.4 Å². The van der Waals surface area contributed by atoms with Crippen molar-refractivity contribution in [3.63, 3.8) is 0 Å². The smallest absolute Gasteiger partial charge is 0.140 e. The fourth-order valence-electron chi connectivity index (χ4n) is 1.58. The van der Waals surface area contributed by atoms with Gasteiger partial charge in [0.05, 0.1) is 12.3 Å². The molecule has 1 heterocycles. The zero-order chi connectivity index (χ0) is 12.8. The van der Waals surface area contributed by atoms with Crippen LogP contribution in [0.2, 0.25) is 0 Å². The lowest BCUT2D eigenvalue weighted by Crippen LogP contribution is -1.90. The molecule has 0 aliphatic rings. The van der Waals surface area contributed by atoms with E-state index in [2.05, 4.69) is 24.0 Å². The summed E-state index contributed by atoms with van der Waals surface area (Å²) < 4.78 is 1.93. The Morgan fingerprint density at radius 3 is 2.24 bits per heavy atom. The Labute approximate surface area is 103 Å².